The molecular formula is C14H20N4O3. The number of hydrogen-bond acceptors (Lipinski definition) is 5. The molecule has 1 aliphatic heterocycles. The number of rotatable bonds is 5. The first-order valence-electron chi connectivity index (χ1n) is 7.13. The number of nitrogens with two attached hydrogens (primary N) is 1. The Balaban J connectivity index is 2.48. The molecule has 0 aromatic heterocycles. The van der Waals surface area contributed by atoms with Crippen LogP contribution in [0.2, 0.25) is 0 Å². The predicted octanol–water partition coefficient (Wildman–Crippen LogP) is 1.87. The van der Waals surface area contributed by atoms with Gasteiger partial charge in [-0.05, 0) is 38.3 Å². The zero-order chi connectivity index (χ0) is 15.4. The van der Waals surface area contributed by atoms with Crippen LogP contribution >= 0.6 is 0 Å². The summed E-state index contributed by atoms with van der Waals surface area (Å²) in [5.41, 5.74) is 6.39. The van der Waals surface area contributed by atoms with Gasteiger partial charge in [0.15, 0.2) is 0 Å². The van der Waals surface area contributed by atoms with E-state index in [0.717, 1.165) is 12.8 Å². The molecule has 3 N–H and O–H groups in total. The zero-order valence-electron chi connectivity index (χ0n) is 12.0. The van der Waals surface area contributed by atoms with E-state index in [4.69, 9.17) is 5.73 Å². The lowest BCUT2D eigenvalue weighted by Gasteiger charge is -2.35. The third-order valence-electron chi connectivity index (χ3n) is 3.71. The largest absolute Gasteiger partial charge is 0.380 e. The number of nitro benzene ring substituents is 1. The molecule has 1 aromatic rings. The summed E-state index contributed by atoms with van der Waals surface area (Å²) < 4.78 is 0. The van der Waals surface area contributed by atoms with Crippen molar-refractivity contribution in [2.24, 2.45) is 5.73 Å². The number of benzene rings is 1. The van der Waals surface area contributed by atoms with Crippen LogP contribution in [0.15, 0.2) is 18.2 Å². The predicted molar refractivity (Wildman–Crippen MR) is 81.4 cm³/mol. The number of hydrogen-bond donors (Lipinski definition) is 2. The Morgan fingerprint density at radius 1 is 1.52 bits per heavy atom. The highest BCUT2D eigenvalue weighted by atomic mass is 16.6. The maximum Gasteiger partial charge on any atom is 0.315 e. The summed E-state index contributed by atoms with van der Waals surface area (Å²) in [5, 5.41) is 14.5. The van der Waals surface area contributed by atoms with Gasteiger partial charge in [0.05, 0.1) is 4.92 Å². The van der Waals surface area contributed by atoms with Gasteiger partial charge in [-0.15, -0.1) is 0 Å². The molecule has 1 atom stereocenters. The number of nitrogens with one attached hydrogen (secondary N) is 1. The van der Waals surface area contributed by atoms with E-state index in [1.807, 2.05) is 6.92 Å². The topological polar surface area (TPSA) is 102 Å². The monoisotopic (exact) mass is 292 g/mol. The van der Waals surface area contributed by atoms with Crippen molar-refractivity contribution in [2.45, 2.75) is 32.2 Å². The Kier molecular flexibility index (Phi) is 4.62. The molecule has 0 bridgehead atoms. The first kappa shape index (κ1) is 15.1. The standard InChI is InChI=1S/C14H20N4O3/c1-2-16-10-6-5-8-11(13(10)18(20)21)17-9-4-3-7-12(17)14(15)19/h5-6,8,12,16H,2-4,7,9H2,1H3,(H2,15,19). The fourth-order valence-corrected chi connectivity index (χ4v) is 2.80. The number of carbonyl (C=O) groups is 1. The molecule has 0 aliphatic carbocycles. The van der Waals surface area contributed by atoms with Crippen LogP contribution in [0.5, 0.6) is 0 Å². The number of para-hydroxylation sites is 1. The van der Waals surface area contributed by atoms with Crippen molar-refractivity contribution in [3.63, 3.8) is 0 Å². The number of nitro groups is 1. The van der Waals surface area contributed by atoms with Gasteiger partial charge in [0.25, 0.3) is 0 Å². The molecule has 1 aliphatic rings. The molecule has 7 heteroatoms. The van der Waals surface area contributed by atoms with E-state index >= 15 is 0 Å². The van der Waals surface area contributed by atoms with E-state index in [1.54, 1.807) is 23.1 Å². The van der Waals surface area contributed by atoms with Crippen LogP contribution in [0.4, 0.5) is 17.1 Å². The minimum Gasteiger partial charge on any atom is -0.380 e. The molecule has 114 valence electrons. The van der Waals surface area contributed by atoms with Crippen LogP contribution in [-0.2, 0) is 4.79 Å². The SMILES string of the molecule is CCNc1cccc(N2CCCCC2C(N)=O)c1[N+](=O)[O-]. The number of anilines is 2. The van der Waals surface area contributed by atoms with E-state index in [-0.39, 0.29) is 5.69 Å². The number of piperidine rings is 1. The lowest BCUT2D eigenvalue weighted by molar-refractivity contribution is -0.383. The second-order valence-corrected chi connectivity index (χ2v) is 5.07. The van der Waals surface area contributed by atoms with Gasteiger partial charge < -0.3 is 16.0 Å². The molecule has 0 saturated carbocycles. The zero-order valence-corrected chi connectivity index (χ0v) is 12.0. The molecule has 0 radical (unpaired) electrons. The maximum absolute atomic E-state index is 11.6. The maximum atomic E-state index is 11.6. The third kappa shape index (κ3) is 3.07. The van der Waals surface area contributed by atoms with Crippen LogP contribution < -0.4 is 16.0 Å². The van der Waals surface area contributed by atoms with Crippen molar-refractivity contribution >= 4 is 23.0 Å². The Morgan fingerprint density at radius 2 is 2.29 bits per heavy atom. The van der Waals surface area contributed by atoms with Gasteiger partial charge in [0.2, 0.25) is 5.91 Å². The van der Waals surface area contributed by atoms with E-state index in [2.05, 4.69) is 5.32 Å². The summed E-state index contributed by atoms with van der Waals surface area (Å²) in [5.74, 6) is -0.433. The van der Waals surface area contributed by atoms with Gasteiger partial charge in [-0.3, -0.25) is 14.9 Å². The summed E-state index contributed by atoms with van der Waals surface area (Å²) >= 11 is 0. The summed E-state index contributed by atoms with van der Waals surface area (Å²) in [6, 6.07) is 4.64. The first-order valence-corrected chi connectivity index (χ1v) is 7.13. The molecule has 1 amide bonds. The Hall–Kier alpha value is -2.31. The number of carbonyl (C=O) groups excluding carboxylic acids is 1. The van der Waals surface area contributed by atoms with Crippen molar-refractivity contribution in [2.75, 3.05) is 23.3 Å². The van der Waals surface area contributed by atoms with Crippen LogP contribution in [0.3, 0.4) is 0 Å². The summed E-state index contributed by atoms with van der Waals surface area (Å²) in [7, 11) is 0. The van der Waals surface area contributed by atoms with Crippen molar-refractivity contribution in [1.82, 2.24) is 0 Å². The van der Waals surface area contributed by atoms with Crippen LogP contribution in [0.25, 0.3) is 0 Å². The van der Waals surface area contributed by atoms with Crippen molar-refractivity contribution in [3.05, 3.63) is 28.3 Å². The highest BCUT2D eigenvalue weighted by Gasteiger charge is 2.32. The van der Waals surface area contributed by atoms with Gasteiger partial charge in [-0.2, -0.15) is 0 Å². The fourth-order valence-electron chi connectivity index (χ4n) is 2.80. The Bertz CT molecular complexity index is 547. The first-order chi connectivity index (χ1) is 10.1. The molecule has 1 aromatic carbocycles. The smallest absolute Gasteiger partial charge is 0.315 e. The van der Waals surface area contributed by atoms with Crippen LogP contribution in [-0.4, -0.2) is 30.0 Å². The molecule has 1 fully saturated rings. The van der Waals surface area contributed by atoms with Crippen molar-refractivity contribution in [1.29, 1.82) is 0 Å². The Morgan fingerprint density at radius 3 is 2.90 bits per heavy atom. The molecule has 21 heavy (non-hydrogen) atoms. The number of nitrogens with zero attached hydrogens (tertiary/aromatic N) is 2. The Labute approximate surface area is 123 Å². The molecular weight excluding hydrogens is 272 g/mol. The highest BCUT2D eigenvalue weighted by molar-refractivity contribution is 5.87. The lowest BCUT2D eigenvalue weighted by atomic mass is 10.00. The summed E-state index contributed by atoms with van der Waals surface area (Å²) in [6.45, 7) is 3.07. The lowest BCUT2D eigenvalue weighted by Crippen LogP contribution is -2.48. The van der Waals surface area contributed by atoms with Crippen LogP contribution in [0.1, 0.15) is 26.2 Å². The van der Waals surface area contributed by atoms with Gasteiger partial charge in [0.1, 0.15) is 17.4 Å². The van der Waals surface area contributed by atoms with E-state index < -0.39 is 16.9 Å². The van der Waals surface area contributed by atoms with Crippen LogP contribution in [0, 0.1) is 10.1 Å². The fraction of sp³-hybridized carbons (Fsp3) is 0.500. The average Bonchev–Trinajstić information content (AvgIpc) is 2.47. The summed E-state index contributed by atoms with van der Waals surface area (Å²) in [4.78, 5) is 24.5. The third-order valence-corrected chi connectivity index (χ3v) is 3.71. The molecule has 1 saturated heterocycles. The van der Waals surface area contributed by atoms with Crippen molar-refractivity contribution < 1.29 is 9.72 Å². The molecule has 1 unspecified atom stereocenters. The quantitative estimate of drug-likeness (QED) is 0.637. The second kappa shape index (κ2) is 6.43. The summed E-state index contributed by atoms with van der Waals surface area (Å²) in [6.07, 6.45) is 2.44. The minimum absolute atomic E-state index is 0.00694. The van der Waals surface area contributed by atoms with Gasteiger partial charge in [-0.25, -0.2) is 0 Å². The normalized spacial score (nSPS) is 18.3. The van der Waals surface area contributed by atoms with E-state index in [9.17, 15) is 14.9 Å². The van der Waals surface area contributed by atoms with Gasteiger partial charge in [-0.1, -0.05) is 6.07 Å². The van der Waals surface area contributed by atoms with Gasteiger partial charge >= 0.3 is 5.69 Å². The molecule has 0 spiro atoms. The number of primary amides is 1. The molecule has 7 nitrogen and oxygen atoms in total. The van der Waals surface area contributed by atoms with Gasteiger partial charge in [0, 0.05) is 13.1 Å². The van der Waals surface area contributed by atoms with E-state index in [0.29, 0.717) is 30.9 Å². The van der Waals surface area contributed by atoms with E-state index in [1.165, 1.54) is 0 Å². The second-order valence-electron chi connectivity index (χ2n) is 5.07. The molecule has 2 rings (SSSR count). The average molecular weight is 292 g/mol. The molecule has 1 heterocycles. The minimum atomic E-state index is -0.477. The highest BCUT2D eigenvalue weighted by Crippen LogP contribution is 2.38. The number of amides is 1. The van der Waals surface area contributed by atoms with Crippen molar-refractivity contribution in [3.8, 4) is 0 Å².